The Morgan fingerprint density at radius 1 is 1.12 bits per heavy atom. The van der Waals surface area contributed by atoms with E-state index in [0.29, 0.717) is 22.7 Å². The first-order chi connectivity index (χ1) is 16.3. The molecule has 2 aromatic rings. The molecule has 0 spiro atoms. The van der Waals surface area contributed by atoms with Crippen LogP contribution in [0.25, 0.3) is 6.08 Å². The number of esters is 1. The van der Waals surface area contributed by atoms with Gasteiger partial charge in [-0.2, -0.15) is 0 Å². The molecule has 2 aromatic carbocycles. The molecule has 1 fully saturated rings. The Morgan fingerprint density at radius 2 is 1.91 bits per heavy atom. The highest BCUT2D eigenvalue weighted by Gasteiger charge is 2.35. The standard InChI is InChI=1S/C24H25N3O7/c1-4-33-22(29)14-34-19-9-8-16(12-20(19)32-3)11-18-23(30)27(24(31)26-18)13-21(28)25-17-7-5-6-15(2)10-17/h5-12H,4,13-14H2,1-3H3,(H,25,28)(H,26,31)/b18-11+. The van der Waals surface area contributed by atoms with Crippen LogP contribution in [0.15, 0.2) is 48.2 Å². The van der Waals surface area contributed by atoms with Crippen molar-refractivity contribution in [3.8, 4) is 11.5 Å². The predicted molar refractivity (Wildman–Crippen MR) is 123 cm³/mol. The van der Waals surface area contributed by atoms with E-state index >= 15 is 0 Å². The SMILES string of the molecule is CCOC(=O)COc1ccc(/C=C2/NC(=O)N(CC(=O)Nc3cccc(C)c3)C2=O)cc1OC. The average molecular weight is 467 g/mol. The lowest BCUT2D eigenvalue weighted by Crippen LogP contribution is -2.38. The molecule has 178 valence electrons. The van der Waals surface area contributed by atoms with Gasteiger partial charge in [-0.15, -0.1) is 0 Å². The number of nitrogens with zero attached hydrogens (tertiary/aromatic N) is 1. The summed E-state index contributed by atoms with van der Waals surface area (Å²) in [5.74, 6) is -1.01. The largest absolute Gasteiger partial charge is 0.493 e. The summed E-state index contributed by atoms with van der Waals surface area (Å²) in [5.41, 5.74) is 2.08. The van der Waals surface area contributed by atoms with Crippen LogP contribution in [-0.4, -0.2) is 55.6 Å². The smallest absolute Gasteiger partial charge is 0.344 e. The summed E-state index contributed by atoms with van der Waals surface area (Å²) in [7, 11) is 1.43. The minimum Gasteiger partial charge on any atom is -0.493 e. The van der Waals surface area contributed by atoms with E-state index in [-0.39, 0.29) is 18.9 Å². The second kappa shape index (κ2) is 11.0. The van der Waals surface area contributed by atoms with E-state index in [1.165, 1.54) is 13.2 Å². The second-order valence-electron chi connectivity index (χ2n) is 7.30. The molecule has 1 saturated heterocycles. The van der Waals surface area contributed by atoms with Crippen LogP contribution in [0.3, 0.4) is 0 Å². The van der Waals surface area contributed by atoms with Crippen LogP contribution in [0.2, 0.25) is 0 Å². The van der Waals surface area contributed by atoms with E-state index in [1.807, 2.05) is 13.0 Å². The number of amides is 4. The molecule has 10 heteroatoms. The van der Waals surface area contributed by atoms with Crippen LogP contribution in [0.4, 0.5) is 10.5 Å². The highest BCUT2D eigenvalue weighted by molar-refractivity contribution is 6.16. The third kappa shape index (κ3) is 6.12. The molecule has 0 unspecified atom stereocenters. The first-order valence-corrected chi connectivity index (χ1v) is 10.5. The number of nitrogens with one attached hydrogen (secondary N) is 2. The van der Waals surface area contributed by atoms with Crippen molar-refractivity contribution in [2.45, 2.75) is 13.8 Å². The van der Waals surface area contributed by atoms with Crippen molar-refractivity contribution in [2.24, 2.45) is 0 Å². The highest BCUT2D eigenvalue weighted by atomic mass is 16.6. The van der Waals surface area contributed by atoms with Crippen molar-refractivity contribution >= 4 is 35.6 Å². The summed E-state index contributed by atoms with van der Waals surface area (Å²) in [6.07, 6.45) is 1.45. The number of methoxy groups -OCH3 is 1. The zero-order valence-corrected chi connectivity index (χ0v) is 19.0. The van der Waals surface area contributed by atoms with Gasteiger partial charge in [0.05, 0.1) is 13.7 Å². The number of ether oxygens (including phenoxy) is 3. The normalized spacial score (nSPS) is 14.1. The van der Waals surface area contributed by atoms with Gasteiger partial charge < -0.3 is 24.8 Å². The summed E-state index contributed by atoms with van der Waals surface area (Å²) in [5, 5.41) is 5.14. The van der Waals surface area contributed by atoms with Gasteiger partial charge in [0.25, 0.3) is 5.91 Å². The molecule has 2 N–H and O–H groups in total. The fourth-order valence-electron chi connectivity index (χ4n) is 3.18. The van der Waals surface area contributed by atoms with Gasteiger partial charge in [-0.25, -0.2) is 14.5 Å². The van der Waals surface area contributed by atoms with Gasteiger partial charge in [-0.05, 0) is 55.3 Å². The molecule has 1 heterocycles. The number of hydrogen-bond acceptors (Lipinski definition) is 7. The molecule has 1 aliphatic heterocycles. The summed E-state index contributed by atoms with van der Waals surface area (Å²) < 4.78 is 15.5. The van der Waals surface area contributed by atoms with Crippen LogP contribution in [0.5, 0.6) is 11.5 Å². The summed E-state index contributed by atoms with van der Waals surface area (Å²) >= 11 is 0. The topological polar surface area (TPSA) is 123 Å². The predicted octanol–water partition coefficient (Wildman–Crippen LogP) is 2.48. The van der Waals surface area contributed by atoms with Gasteiger partial charge in [-0.1, -0.05) is 18.2 Å². The third-order valence-corrected chi connectivity index (χ3v) is 4.72. The minimum atomic E-state index is -0.697. The molecule has 0 aliphatic carbocycles. The van der Waals surface area contributed by atoms with Gasteiger partial charge in [0, 0.05) is 5.69 Å². The fourth-order valence-corrected chi connectivity index (χ4v) is 3.18. The Labute approximate surface area is 196 Å². The first-order valence-electron chi connectivity index (χ1n) is 10.5. The van der Waals surface area contributed by atoms with E-state index < -0.39 is 30.4 Å². The highest BCUT2D eigenvalue weighted by Crippen LogP contribution is 2.29. The van der Waals surface area contributed by atoms with E-state index in [0.717, 1.165) is 10.5 Å². The lowest BCUT2D eigenvalue weighted by molar-refractivity contribution is -0.145. The number of carbonyl (C=O) groups excluding carboxylic acids is 4. The van der Waals surface area contributed by atoms with E-state index in [2.05, 4.69) is 10.6 Å². The van der Waals surface area contributed by atoms with Crippen molar-refractivity contribution in [3.05, 3.63) is 59.3 Å². The van der Waals surface area contributed by atoms with Gasteiger partial charge in [-0.3, -0.25) is 9.59 Å². The Hall–Kier alpha value is -4.34. The maximum absolute atomic E-state index is 12.7. The quantitative estimate of drug-likeness (QED) is 0.330. The van der Waals surface area contributed by atoms with Crippen molar-refractivity contribution < 1.29 is 33.4 Å². The van der Waals surface area contributed by atoms with Crippen molar-refractivity contribution in [2.75, 3.05) is 32.2 Å². The number of benzene rings is 2. The summed E-state index contributed by atoms with van der Waals surface area (Å²) in [4.78, 5) is 49.7. The van der Waals surface area contributed by atoms with Crippen molar-refractivity contribution in [1.82, 2.24) is 10.2 Å². The van der Waals surface area contributed by atoms with Gasteiger partial charge >= 0.3 is 12.0 Å². The Bertz CT molecular complexity index is 1140. The zero-order valence-electron chi connectivity index (χ0n) is 19.0. The number of anilines is 1. The summed E-state index contributed by atoms with van der Waals surface area (Å²) in [6, 6.07) is 11.3. The molecule has 34 heavy (non-hydrogen) atoms. The maximum atomic E-state index is 12.7. The molecule has 0 saturated carbocycles. The number of carbonyl (C=O) groups is 4. The van der Waals surface area contributed by atoms with Crippen LogP contribution < -0.4 is 20.1 Å². The Kier molecular flexibility index (Phi) is 7.86. The molecular weight excluding hydrogens is 442 g/mol. The van der Waals surface area contributed by atoms with Crippen LogP contribution in [0.1, 0.15) is 18.1 Å². The number of imide groups is 1. The van der Waals surface area contributed by atoms with Crippen LogP contribution in [-0.2, 0) is 19.1 Å². The molecule has 0 bridgehead atoms. The van der Waals surface area contributed by atoms with Crippen molar-refractivity contribution in [1.29, 1.82) is 0 Å². The van der Waals surface area contributed by atoms with Crippen molar-refractivity contribution in [3.63, 3.8) is 0 Å². The number of rotatable bonds is 9. The van der Waals surface area contributed by atoms with E-state index in [4.69, 9.17) is 14.2 Å². The van der Waals surface area contributed by atoms with E-state index in [9.17, 15) is 19.2 Å². The molecule has 1 aliphatic rings. The molecule has 3 rings (SSSR count). The number of hydrogen-bond donors (Lipinski definition) is 2. The fraction of sp³-hybridized carbons (Fsp3) is 0.250. The Morgan fingerprint density at radius 3 is 2.62 bits per heavy atom. The molecule has 4 amide bonds. The third-order valence-electron chi connectivity index (χ3n) is 4.72. The second-order valence-corrected chi connectivity index (χ2v) is 7.30. The molecule has 0 aromatic heterocycles. The van der Waals surface area contributed by atoms with Crippen LogP contribution in [0, 0.1) is 6.92 Å². The lowest BCUT2D eigenvalue weighted by Gasteiger charge is -2.12. The van der Waals surface area contributed by atoms with Crippen LogP contribution >= 0.6 is 0 Å². The summed E-state index contributed by atoms with van der Waals surface area (Å²) in [6.45, 7) is 3.12. The first kappa shape index (κ1) is 24.3. The number of urea groups is 1. The average Bonchev–Trinajstić information content (AvgIpc) is 3.05. The monoisotopic (exact) mass is 467 g/mol. The van der Waals surface area contributed by atoms with Gasteiger partial charge in [0.1, 0.15) is 12.2 Å². The lowest BCUT2D eigenvalue weighted by atomic mass is 10.1. The molecule has 0 atom stereocenters. The van der Waals surface area contributed by atoms with E-state index in [1.54, 1.807) is 43.3 Å². The van der Waals surface area contributed by atoms with Gasteiger partial charge in [0.2, 0.25) is 5.91 Å². The molecular formula is C24H25N3O7. The Balaban J connectivity index is 1.67. The van der Waals surface area contributed by atoms with Gasteiger partial charge in [0.15, 0.2) is 18.1 Å². The molecule has 0 radical (unpaired) electrons. The number of aryl methyl sites for hydroxylation is 1. The molecule has 10 nitrogen and oxygen atoms in total. The minimum absolute atomic E-state index is 0.00982. The maximum Gasteiger partial charge on any atom is 0.344 e. The zero-order chi connectivity index (χ0) is 24.7.